The van der Waals surface area contributed by atoms with Crippen molar-refractivity contribution in [2.75, 3.05) is 0 Å². The number of rotatable bonds is 4. The average Bonchev–Trinajstić information content (AvgIpc) is 2.51. The molecule has 1 aromatic heterocycles. The molecule has 2 heteroatoms. The number of ether oxygens (including phenoxy) is 1. The molecule has 0 radical (unpaired) electrons. The second kappa shape index (κ2) is 6.02. The third kappa shape index (κ3) is 3.23. The molecule has 0 bridgehead atoms. The largest absolute Gasteiger partial charge is 0.457 e. The first-order valence-corrected chi connectivity index (χ1v) is 6.62. The van der Waals surface area contributed by atoms with Crippen LogP contribution in [0.4, 0.5) is 0 Å². The summed E-state index contributed by atoms with van der Waals surface area (Å²) in [6.45, 7) is 0. The van der Waals surface area contributed by atoms with Crippen molar-refractivity contribution in [3.63, 3.8) is 0 Å². The van der Waals surface area contributed by atoms with Gasteiger partial charge in [0.2, 0.25) is 0 Å². The highest BCUT2D eigenvalue weighted by Gasteiger charge is 1.99. The van der Waals surface area contributed by atoms with E-state index >= 15 is 0 Å². The molecule has 0 aliphatic heterocycles. The molecule has 0 saturated carbocycles. The maximum absolute atomic E-state index is 5.77. The lowest BCUT2D eigenvalue weighted by atomic mass is 10.1. The molecule has 0 aliphatic carbocycles. The van der Waals surface area contributed by atoms with E-state index in [-0.39, 0.29) is 0 Å². The molecular formula is C18H15NO. The van der Waals surface area contributed by atoms with Crippen LogP contribution in [-0.2, 0) is 6.42 Å². The van der Waals surface area contributed by atoms with Crippen LogP contribution >= 0.6 is 0 Å². The van der Waals surface area contributed by atoms with E-state index in [2.05, 4.69) is 17.1 Å². The first-order valence-electron chi connectivity index (χ1n) is 6.62. The monoisotopic (exact) mass is 261 g/mol. The van der Waals surface area contributed by atoms with E-state index in [1.54, 1.807) is 0 Å². The lowest BCUT2D eigenvalue weighted by molar-refractivity contribution is 0.482. The summed E-state index contributed by atoms with van der Waals surface area (Å²) < 4.78 is 5.77. The molecule has 0 saturated heterocycles. The van der Waals surface area contributed by atoms with Crippen molar-refractivity contribution < 1.29 is 4.74 Å². The zero-order valence-corrected chi connectivity index (χ0v) is 11.1. The van der Waals surface area contributed by atoms with Gasteiger partial charge in [-0.15, -0.1) is 0 Å². The van der Waals surface area contributed by atoms with Crippen molar-refractivity contribution in [2.45, 2.75) is 6.42 Å². The Morgan fingerprint density at radius 1 is 0.700 bits per heavy atom. The lowest BCUT2D eigenvalue weighted by Gasteiger charge is -2.06. The second-order valence-electron chi connectivity index (χ2n) is 4.56. The van der Waals surface area contributed by atoms with Gasteiger partial charge in [-0.2, -0.15) is 0 Å². The SMILES string of the molecule is c1ccc(Oc2ccc(Cc3ccccn3)cc2)cc1. The zero-order chi connectivity index (χ0) is 13.6. The first-order chi connectivity index (χ1) is 9.90. The van der Waals surface area contributed by atoms with Gasteiger partial charge in [0.1, 0.15) is 11.5 Å². The highest BCUT2D eigenvalue weighted by molar-refractivity contribution is 5.34. The minimum Gasteiger partial charge on any atom is -0.457 e. The van der Waals surface area contributed by atoms with Gasteiger partial charge < -0.3 is 4.74 Å². The van der Waals surface area contributed by atoms with E-state index in [1.165, 1.54) is 5.56 Å². The normalized spacial score (nSPS) is 10.2. The van der Waals surface area contributed by atoms with Crippen LogP contribution in [0, 0.1) is 0 Å². The minimum atomic E-state index is 0.840. The van der Waals surface area contributed by atoms with Crippen molar-refractivity contribution in [2.24, 2.45) is 0 Å². The molecule has 2 nitrogen and oxygen atoms in total. The molecule has 0 N–H and O–H groups in total. The fourth-order valence-electron chi connectivity index (χ4n) is 2.01. The van der Waals surface area contributed by atoms with Crippen LogP contribution in [0.15, 0.2) is 79.0 Å². The molecule has 1 heterocycles. The van der Waals surface area contributed by atoms with E-state index in [9.17, 15) is 0 Å². The summed E-state index contributed by atoms with van der Waals surface area (Å²) in [5, 5.41) is 0. The third-order valence-corrected chi connectivity index (χ3v) is 3.01. The predicted octanol–water partition coefficient (Wildman–Crippen LogP) is 4.46. The minimum absolute atomic E-state index is 0.840. The number of para-hydroxylation sites is 1. The van der Waals surface area contributed by atoms with Crippen molar-refractivity contribution in [1.29, 1.82) is 0 Å². The first kappa shape index (κ1) is 12.4. The maximum atomic E-state index is 5.77. The Bertz CT molecular complexity index is 588. The van der Waals surface area contributed by atoms with Gasteiger partial charge in [-0.05, 0) is 42.0 Å². The summed E-state index contributed by atoms with van der Waals surface area (Å²) in [7, 11) is 0. The van der Waals surface area contributed by atoms with Crippen molar-refractivity contribution >= 4 is 0 Å². The Labute approximate surface area is 118 Å². The van der Waals surface area contributed by atoms with Gasteiger partial charge in [-0.25, -0.2) is 0 Å². The van der Waals surface area contributed by atoms with Gasteiger partial charge >= 0.3 is 0 Å². The number of hydrogen-bond donors (Lipinski definition) is 0. The van der Waals surface area contributed by atoms with Crippen LogP contribution in [0.1, 0.15) is 11.3 Å². The Hall–Kier alpha value is -2.61. The standard InChI is InChI=1S/C18H15NO/c1-2-7-17(8-3-1)20-18-11-9-15(10-12-18)14-16-6-4-5-13-19-16/h1-13H,14H2. The summed E-state index contributed by atoms with van der Waals surface area (Å²) in [5.74, 6) is 1.70. The Balaban J connectivity index is 1.69. The van der Waals surface area contributed by atoms with Crippen LogP contribution < -0.4 is 4.74 Å². The molecule has 20 heavy (non-hydrogen) atoms. The zero-order valence-electron chi connectivity index (χ0n) is 11.1. The molecule has 0 fully saturated rings. The van der Waals surface area contributed by atoms with E-state index < -0.39 is 0 Å². The summed E-state index contributed by atoms with van der Waals surface area (Å²) in [5.41, 5.74) is 2.30. The molecule has 0 spiro atoms. The molecule has 2 aromatic carbocycles. The van der Waals surface area contributed by atoms with Crippen molar-refractivity contribution in [3.05, 3.63) is 90.3 Å². The van der Waals surface area contributed by atoms with Crippen LogP contribution in [0.3, 0.4) is 0 Å². The smallest absolute Gasteiger partial charge is 0.127 e. The van der Waals surface area contributed by atoms with Crippen LogP contribution in [0.25, 0.3) is 0 Å². The Kier molecular flexibility index (Phi) is 3.74. The number of pyridine rings is 1. The topological polar surface area (TPSA) is 22.1 Å². The van der Waals surface area contributed by atoms with Gasteiger partial charge in [-0.3, -0.25) is 4.98 Å². The van der Waals surface area contributed by atoms with E-state index in [0.29, 0.717) is 0 Å². The average molecular weight is 261 g/mol. The highest BCUT2D eigenvalue weighted by Crippen LogP contribution is 2.21. The molecule has 0 unspecified atom stereocenters. The maximum Gasteiger partial charge on any atom is 0.127 e. The van der Waals surface area contributed by atoms with Gasteiger partial charge in [0.25, 0.3) is 0 Å². The van der Waals surface area contributed by atoms with Gasteiger partial charge in [0, 0.05) is 18.3 Å². The fourth-order valence-corrected chi connectivity index (χ4v) is 2.01. The summed E-state index contributed by atoms with van der Waals surface area (Å²) >= 11 is 0. The van der Waals surface area contributed by atoms with E-state index in [4.69, 9.17) is 4.74 Å². The third-order valence-electron chi connectivity index (χ3n) is 3.01. The molecule has 98 valence electrons. The van der Waals surface area contributed by atoms with Gasteiger partial charge in [-0.1, -0.05) is 36.4 Å². The van der Waals surface area contributed by atoms with E-state index in [1.807, 2.05) is 66.9 Å². The molecule has 0 aliphatic rings. The highest BCUT2D eigenvalue weighted by atomic mass is 16.5. The van der Waals surface area contributed by atoms with Crippen molar-refractivity contribution in [1.82, 2.24) is 4.98 Å². The van der Waals surface area contributed by atoms with Crippen LogP contribution in [-0.4, -0.2) is 4.98 Å². The number of hydrogen-bond acceptors (Lipinski definition) is 2. The molecule has 0 amide bonds. The van der Waals surface area contributed by atoms with E-state index in [0.717, 1.165) is 23.6 Å². The Morgan fingerprint density at radius 3 is 2.10 bits per heavy atom. The van der Waals surface area contributed by atoms with Crippen LogP contribution in [0.5, 0.6) is 11.5 Å². The fraction of sp³-hybridized carbons (Fsp3) is 0.0556. The molecular weight excluding hydrogens is 246 g/mol. The van der Waals surface area contributed by atoms with Gasteiger partial charge in [0.05, 0.1) is 0 Å². The summed E-state index contributed by atoms with van der Waals surface area (Å²) in [6, 6.07) is 23.9. The molecule has 3 aromatic rings. The molecule has 0 atom stereocenters. The molecule has 3 rings (SSSR count). The number of benzene rings is 2. The Morgan fingerprint density at radius 2 is 1.40 bits per heavy atom. The quantitative estimate of drug-likeness (QED) is 0.691. The van der Waals surface area contributed by atoms with Crippen LogP contribution in [0.2, 0.25) is 0 Å². The lowest BCUT2D eigenvalue weighted by Crippen LogP contribution is -1.91. The number of nitrogens with zero attached hydrogens (tertiary/aromatic N) is 1. The second-order valence-corrected chi connectivity index (χ2v) is 4.56. The van der Waals surface area contributed by atoms with Gasteiger partial charge in [0.15, 0.2) is 0 Å². The predicted molar refractivity (Wildman–Crippen MR) is 80.0 cm³/mol. The number of aromatic nitrogens is 1. The summed E-state index contributed by atoms with van der Waals surface area (Å²) in [4.78, 5) is 4.33. The summed E-state index contributed by atoms with van der Waals surface area (Å²) in [6.07, 6.45) is 2.66. The van der Waals surface area contributed by atoms with Crippen molar-refractivity contribution in [3.8, 4) is 11.5 Å².